The molecule has 0 spiro atoms. The van der Waals surface area contributed by atoms with Crippen molar-refractivity contribution in [3.63, 3.8) is 0 Å². The minimum absolute atomic E-state index is 0.0980. The fraction of sp³-hybridized carbons (Fsp3) is 0.296. The molecular weight excluding hydrogens is 387 g/mol. The molecule has 1 atom stereocenters. The van der Waals surface area contributed by atoms with Gasteiger partial charge in [-0.25, -0.2) is 4.39 Å². The lowest BCUT2D eigenvalue weighted by Crippen LogP contribution is -2.58. The van der Waals surface area contributed by atoms with E-state index in [0.29, 0.717) is 6.42 Å². The number of rotatable bonds is 4. The van der Waals surface area contributed by atoms with Gasteiger partial charge in [-0.1, -0.05) is 66.7 Å². The van der Waals surface area contributed by atoms with Crippen molar-refractivity contribution in [1.82, 2.24) is 9.80 Å². The predicted octanol–water partition coefficient (Wildman–Crippen LogP) is 4.59. The number of benzene rings is 3. The van der Waals surface area contributed by atoms with Gasteiger partial charge >= 0.3 is 0 Å². The quantitative estimate of drug-likeness (QED) is 0.624. The number of hydrogen-bond acceptors (Lipinski definition) is 3. The Balaban J connectivity index is 1.43. The molecule has 0 radical (unpaired) electrons. The van der Waals surface area contributed by atoms with Crippen molar-refractivity contribution in [3.8, 4) is 0 Å². The van der Waals surface area contributed by atoms with E-state index >= 15 is 0 Å². The molecule has 0 amide bonds. The van der Waals surface area contributed by atoms with Crippen LogP contribution in [0.3, 0.4) is 0 Å². The van der Waals surface area contributed by atoms with E-state index < -0.39 is 11.4 Å². The third kappa shape index (κ3) is 3.40. The summed E-state index contributed by atoms with van der Waals surface area (Å²) in [6.07, 6.45) is 0.529. The maximum atomic E-state index is 14.7. The van der Waals surface area contributed by atoms with Gasteiger partial charge < -0.3 is 0 Å². The van der Waals surface area contributed by atoms with Gasteiger partial charge in [0.2, 0.25) is 0 Å². The minimum Gasteiger partial charge on any atom is -0.297 e. The van der Waals surface area contributed by atoms with Crippen molar-refractivity contribution < 1.29 is 9.18 Å². The Hall–Kier alpha value is -2.82. The number of hydrogen-bond donors (Lipinski definition) is 0. The third-order valence-corrected chi connectivity index (χ3v) is 6.97. The number of ketones is 1. The molecule has 1 aliphatic heterocycles. The number of carbonyl (C=O) groups excluding carboxylic acids is 1. The fourth-order valence-electron chi connectivity index (χ4n) is 5.23. The highest BCUT2D eigenvalue weighted by molar-refractivity contribution is 6.08. The first-order valence-corrected chi connectivity index (χ1v) is 11.0. The molecule has 1 heterocycles. The Bertz CT molecular complexity index is 1110. The molecule has 2 aliphatic rings. The van der Waals surface area contributed by atoms with Gasteiger partial charge in [0.15, 0.2) is 5.78 Å². The highest BCUT2D eigenvalue weighted by Gasteiger charge is 2.52. The van der Waals surface area contributed by atoms with Crippen LogP contribution in [0.1, 0.15) is 32.6 Å². The Labute approximate surface area is 183 Å². The average molecular weight is 415 g/mol. The Kier molecular flexibility index (Phi) is 5.20. The number of fused-ring (bicyclic) bond motifs is 1. The molecular formula is C27H27FN2O. The van der Waals surface area contributed by atoms with Gasteiger partial charge in [-0.3, -0.25) is 14.6 Å². The number of aryl methyl sites for hydroxylation is 1. The number of halogens is 1. The van der Waals surface area contributed by atoms with Crippen LogP contribution in [0.25, 0.3) is 0 Å². The summed E-state index contributed by atoms with van der Waals surface area (Å²) in [6, 6.07) is 23.4. The van der Waals surface area contributed by atoms with E-state index in [-0.39, 0.29) is 11.3 Å². The average Bonchev–Trinajstić information content (AvgIpc) is 3.11. The summed E-state index contributed by atoms with van der Waals surface area (Å²) >= 11 is 0. The zero-order chi connectivity index (χ0) is 21.4. The molecule has 5 rings (SSSR count). The molecule has 31 heavy (non-hydrogen) atoms. The molecule has 3 aromatic carbocycles. The van der Waals surface area contributed by atoms with E-state index in [1.807, 2.05) is 36.4 Å². The van der Waals surface area contributed by atoms with Gasteiger partial charge in [0.05, 0.1) is 5.56 Å². The van der Waals surface area contributed by atoms with Gasteiger partial charge in [-0.05, 0) is 35.2 Å². The first-order valence-electron chi connectivity index (χ1n) is 11.0. The van der Waals surface area contributed by atoms with Crippen LogP contribution in [0.15, 0.2) is 72.8 Å². The van der Waals surface area contributed by atoms with Crippen LogP contribution in [-0.2, 0) is 18.5 Å². The molecule has 0 aromatic heterocycles. The van der Waals surface area contributed by atoms with Crippen molar-refractivity contribution in [2.45, 2.75) is 25.4 Å². The summed E-state index contributed by atoms with van der Waals surface area (Å²) in [7, 11) is 0. The molecule has 1 saturated heterocycles. The van der Waals surface area contributed by atoms with Gasteiger partial charge in [0, 0.05) is 39.1 Å². The Morgan fingerprint density at radius 2 is 1.58 bits per heavy atom. The zero-order valence-electron chi connectivity index (χ0n) is 17.9. The minimum atomic E-state index is -0.819. The standard InChI is InChI=1S/C27H27FN2O/c1-20-8-5-6-9-22(20)19-29-14-16-30(17-15-29)27(23-11-3-2-4-12-23)18-21-10-7-13-24(28)25(21)26(27)31/h2-13H,14-19H2,1H3. The summed E-state index contributed by atoms with van der Waals surface area (Å²) in [5, 5.41) is 0. The molecule has 0 bridgehead atoms. The topological polar surface area (TPSA) is 23.6 Å². The van der Waals surface area contributed by atoms with Gasteiger partial charge in [-0.15, -0.1) is 0 Å². The smallest absolute Gasteiger partial charge is 0.191 e. The van der Waals surface area contributed by atoms with Crippen LogP contribution in [0.2, 0.25) is 0 Å². The van der Waals surface area contributed by atoms with E-state index in [2.05, 4.69) is 41.0 Å². The number of piperazine rings is 1. The molecule has 1 unspecified atom stereocenters. The lowest BCUT2D eigenvalue weighted by Gasteiger charge is -2.45. The number of carbonyl (C=O) groups is 1. The van der Waals surface area contributed by atoms with Crippen molar-refractivity contribution in [1.29, 1.82) is 0 Å². The first kappa shape index (κ1) is 20.1. The van der Waals surface area contributed by atoms with E-state index in [0.717, 1.165) is 43.9 Å². The van der Waals surface area contributed by atoms with Gasteiger partial charge in [0.25, 0.3) is 0 Å². The fourth-order valence-corrected chi connectivity index (χ4v) is 5.23. The second-order valence-corrected chi connectivity index (χ2v) is 8.70. The third-order valence-electron chi connectivity index (χ3n) is 6.97. The molecule has 1 fully saturated rings. The van der Waals surface area contributed by atoms with Crippen LogP contribution < -0.4 is 0 Å². The van der Waals surface area contributed by atoms with Crippen molar-refractivity contribution in [2.75, 3.05) is 26.2 Å². The molecule has 0 saturated carbocycles. The summed E-state index contributed by atoms with van der Waals surface area (Å²) in [6.45, 7) is 6.40. The maximum Gasteiger partial charge on any atom is 0.191 e. The highest BCUT2D eigenvalue weighted by Crippen LogP contribution is 2.43. The normalized spacial score (nSPS) is 21.9. The Morgan fingerprint density at radius 3 is 2.29 bits per heavy atom. The molecule has 0 N–H and O–H groups in total. The maximum absolute atomic E-state index is 14.7. The van der Waals surface area contributed by atoms with Crippen molar-refractivity contribution in [3.05, 3.63) is 106 Å². The van der Waals surface area contributed by atoms with Crippen LogP contribution in [0.5, 0.6) is 0 Å². The second kappa shape index (κ2) is 8.03. The SMILES string of the molecule is Cc1ccccc1CN1CCN(C2(c3ccccc3)Cc3cccc(F)c3C2=O)CC1. The highest BCUT2D eigenvalue weighted by atomic mass is 19.1. The summed E-state index contributed by atoms with van der Waals surface area (Å²) in [4.78, 5) is 18.5. The van der Waals surface area contributed by atoms with Crippen molar-refractivity contribution >= 4 is 5.78 Å². The molecule has 158 valence electrons. The monoisotopic (exact) mass is 414 g/mol. The number of nitrogens with zero attached hydrogens (tertiary/aromatic N) is 2. The summed E-state index contributed by atoms with van der Waals surface area (Å²) in [5.74, 6) is -0.502. The predicted molar refractivity (Wildman–Crippen MR) is 121 cm³/mol. The van der Waals surface area contributed by atoms with Crippen LogP contribution in [0, 0.1) is 12.7 Å². The second-order valence-electron chi connectivity index (χ2n) is 8.70. The summed E-state index contributed by atoms with van der Waals surface area (Å²) < 4.78 is 14.7. The molecule has 1 aliphatic carbocycles. The summed E-state index contributed by atoms with van der Waals surface area (Å²) in [5.41, 5.74) is 3.89. The Morgan fingerprint density at radius 1 is 0.871 bits per heavy atom. The first-order chi connectivity index (χ1) is 15.1. The van der Waals surface area contributed by atoms with Crippen molar-refractivity contribution in [2.24, 2.45) is 0 Å². The zero-order valence-corrected chi connectivity index (χ0v) is 17.9. The number of Topliss-reactive ketones (excluding diaryl/α,β-unsaturated/α-hetero) is 1. The van der Waals surface area contributed by atoms with Crippen LogP contribution in [0.4, 0.5) is 4.39 Å². The molecule has 4 heteroatoms. The van der Waals surface area contributed by atoms with E-state index in [4.69, 9.17) is 0 Å². The lowest BCUT2D eigenvalue weighted by atomic mass is 9.83. The van der Waals surface area contributed by atoms with Gasteiger partial charge in [-0.2, -0.15) is 0 Å². The van der Waals surface area contributed by atoms with Gasteiger partial charge in [0.1, 0.15) is 11.4 Å². The van der Waals surface area contributed by atoms with E-state index in [1.165, 1.54) is 17.2 Å². The van der Waals surface area contributed by atoms with Crippen LogP contribution in [-0.4, -0.2) is 41.8 Å². The molecule has 3 nitrogen and oxygen atoms in total. The molecule has 3 aromatic rings. The van der Waals surface area contributed by atoms with Crippen LogP contribution >= 0.6 is 0 Å². The lowest BCUT2D eigenvalue weighted by molar-refractivity contribution is 0.0286. The largest absolute Gasteiger partial charge is 0.297 e. The van der Waals surface area contributed by atoms with E-state index in [1.54, 1.807) is 6.07 Å². The van der Waals surface area contributed by atoms with E-state index in [9.17, 15) is 9.18 Å².